The maximum Gasteiger partial charge on any atom is 0.261 e. The third-order valence-electron chi connectivity index (χ3n) is 4.06. The van der Waals surface area contributed by atoms with Gasteiger partial charge in [0.1, 0.15) is 17.3 Å². The topological polar surface area (TPSA) is 42.7 Å². The number of carbonyl (C=O) groups is 1. The molecule has 3 aromatic rings. The lowest BCUT2D eigenvalue weighted by atomic mass is 10.2. The van der Waals surface area contributed by atoms with E-state index in [9.17, 15) is 9.18 Å². The summed E-state index contributed by atoms with van der Waals surface area (Å²) in [4.78, 5) is 14.3. The van der Waals surface area contributed by atoms with Crippen molar-refractivity contribution >= 4 is 17.5 Å². The lowest BCUT2D eigenvalue weighted by Gasteiger charge is -2.22. The van der Waals surface area contributed by atoms with Crippen molar-refractivity contribution in [1.82, 2.24) is 4.90 Å². The summed E-state index contributed by atoms with van der Waals surface area (Å²) in [5, 5.41) is 0.643. The summed E-state index contributed by atoms with van der Waals surface area (Å²) in [6, 6.07) is 14.9. The molecule has 6 heteroatoms. The zero-order chi connectivity index (χ0) is 19.2. The molecule has 0 unspecified atom stereocenters. The van der Waals surface area contributed by atoms with Crippen molar-refractivity contribution in [2.75, 3.05) is 6.61 Å². The Morgan fingerprint density at radius 2 is 1.93 bits per heavy atom. The Balaban J connectivity index is 1.69. The van der Waals surface area contributed by atoms with Gasteiger partial charge >= 0.3 is 0 Å². The SMILES string of the molecule is Cc1cc(OCC(=O)N(Cc2ccc(F)cc2)Cc2ccco2)ccc1Cl. The smallest absolute Gasteiger partial charge is 0.261 e. The largest absolute Gasteiger partial charge is 0.484 e. The second-order valence-electron chi connectivity index (χ2n) is 6.16. The molecule has 3 rings (SSSR count). The van der Waals surface area contributed by atoms with Gasteiger partial charge in [0.05, 0.1) is 12.8 Å². The van der Waals surface area contributed by atoms with Gasteiger partial charge in [-0.05, 0) is 60.5 Å². The number of furan rings is 1. The monoisotopic (exact) mass is 387 g/mol. The lowest BCUT2D eigenvalue weighted by molar-refractivity contribution is -0.134. The van der Waals surface area contributed by atoms with Crippen LogP contribution in [0.1, 0.15) is 16.9 Å². The van der Waals surface area contributed by atoms with Crippen molar-refractivity contribution in [3.8, 4) is 5.75 Å². The summed E-state index contributed by atoms with van der Waals surface area (Å²) in [5.41, 5.74) is 1.69. The highest BCUT2D eigenvalue weighted by atomic mass is 35.5. The van der Waals surface area contributed by atoms with Crippen LogP contribution in [0.25, 0.3) is 0 Å². The number of aryl methyl sites for hydroxylation is 1. The van der Waals surface area contributed by atoms with E-state index in [-0.39, 0.29) is 18.3 Å². The molecular weight excluding hydrogens is 369 g/mol. The van der Waals surface area contributed by atoms with Crippen LogP contribution in [0.5, 0.6) is 5.75 Å². The standard InChI is InChI=1S/C21H19ClFNO3/c1-15-11-18(8-9-20(15)22)27-14-21(25)24(13-19-3-2-10-26-19)12-16-4-6-17(23)7-5-16/h2-11H,12-14H2,1H3. The highest BCUT2D eigenvalue weighted by Crippen LogP contribution is 2.21. The summed E-state index contributed by atoms with van der Waals surface area (Å²) >= 11 is 6.01. The van der Waals surface area contributed by atoms with E-state index < -0.39 is 0 Å². The van der Waals surface area contributed by atoms with Crippen molar-refractivity contribution in [2.24, 2.45) is 0 Å². The number of carbonyl (C=O) groups excluding carboxylic acids is 1. The Bertz CT molecular complexity index is 894. The third-order valence-corrected chi connectivity index (χ3v) is 4.48. The number of halogens is 2. The second kappa shape index (κ2) is 8.73. The second-order valence-corrected chi connectivity index (χ2v) is 6.56. The number of benzene rings is 2. The molecule has 0 aliphatic rings. The maximum atomic E-state index is 13.1. The molecule has 0 radical (unpaired) electrons. The van der Waals surface area contributed by atoms with Gasteiger partial charge in [-0.1, -0.05) is 23.7 Å². The lowest BCUT2D eigenvalue weighted by Crippen LogP contribution is -2.34. The first-order chi connectivity index (χ1) is 13.0. The fraction of sp³-hybridized carbons (Fsp3) is 0.190. The quantitative estimate of drug-likeness (QED) is 0.573. The highest BCUT2D eigenvalue weighted by molar-refractivity contribution is 6.31. The van der Waals surface area contributed by atoms with Crippen LogP contribution in [0.2, 0.25) is 5.02 Å². The van der Waals surface area contributed by atoms with Crippen LogP contribution in [0, 0.1) is 12.7 Å². The maximum absolute atomic E-state index is 13.1. The predicted octanol–water partition coefficient (Wildman–Crippen LogP) is 4.99. The van der Waals surface area contributed by atoms with Gasteiger partial charge in [0.25, 0.3) is 5.91 Å². The molecule has 0 bridgehead atoms. The van der Waals surface area contributed by atoms with Gasteiger partial charge in [-0.25, -0.2) is 4.39 Å². The van der Waals surface area contributed by atoms with E-state index in [1.165, 1.54) is 12.1 Å². The fourth-order valence-electron chi connectivity index (χ4n) is 2.58. The zero-order valence-electron chi connectivity index (χ0n) is 14.8. The Morgan fingerprint density at radius 3 is 2.59 bits per heavy atom. The van der Waals surface area contributed by atoms with Gasteiger partial charge < -0.3 is 14.1 Å². The molecule has 0 aliphatic carbocycles. The van der Waals surface area contributed by atoms with E-state index in [0.29, 0.717) is 29.6 Å². The Morgan fingerprint density at radius 1 is 1.15 bits per heavy atom. The highest BCUT2D eigenvalue weighted by Gasteiger charge is 2.17. The van der Waals surface area contributed by atoms with Gasteiger partial charge in [0, 0.05) is 11.6 Å². The van der Waals surface area contributed by atoms with E-state index in [0.717, 1.165) is 11.1 Å². The summed E-state index contributed by atoms with van der Waals surface area (Å²) in [5.74, 6) is 0.713. The number of ether oxygens (including phenoxy) is 1. The van der Waals surface area contributed by atoms with E-state index in [4.69, 9.17) is 20.8 Å². The van der Waals surface area contributed by atoms with Gasteiger partial charge in [0.15, 0.2) is 6.61 Å². The molecule has 4 nitrogen and oxygen atoms in total. The van der Waals surface area contributed by atoms with Crippen LogP contribution in [-0.2, 0) is 17.9 Å². The first-order valence-electron chi connectivity index (χ1n) is 8.45. The minimum absolute atomic E-state index is 0.122. The zero-order valence-corrected chi connectivity index (χ0v) is 15.6. The summed E-state index contributed by atoms with van der Waals surface area (Å²) in [6.07, 6.45) is 1.56. The molecule has 0 atom stereocenters. The average molecular weight is 388 g/mol. The number of rotatable bonds is 7. The van der Waals surface area contributed by atoms with E-state index >= 15 is 0 Å². The first-order valence-corrected chi connectivity index (χ1v) is 8.82. The minimum Gasteiger partial charge on any atom is -0.484 e. The molecule has 1 aromatic heterocycles. The minimum atomic E-state index is -0.316. The summed E-state index contributed by atoms with van der Waals surface area (Å²) in [7, 11) is 0. The van der Waals surface area contributed by atoms with Crippen molar-refractivity contribution in [3.05, 3.63) is 88.6 Å². The molecule has 1 amide bonds. The summed E-state index contributed by atoms with van der Waals surface area (Å²) < 4.78 is 24.1. The van der Waals surface area contributed by atoms with Gasteiger partial charge in [-0.15, -0.1) is 0 Å². The molecule has 0 saturated carbocycles. The molecule has 140 valence electrons. The van der Waals surface area contributed by atoms with E-state index in [1.54, 1.807) is 53.6 Å². The van der Waals surface area contributed by atoms with Gasteiger partial charge in [-0.2, -0.15) is 0 Å². The number of hydrogen-bond acceptors (Lipinski definition) is 3. The van der Waals surface area contributed by atoms with Crippen molar-refractivity contribution in [3.63, 3.8) is 0 Å². The molecular formula is C21H19ClFNO3. The molecule has 0 fully saturated rings. The fourth-order valence-corrected chi connectivity index (χ4v) is 2.69. The average Bonchev–Trinajstić information content (AvgIpc) is 3.17. The van der Waals surface area contributed by atoms with Crippen molar-refractivity contribution < 1.29 is 18.3 Å². The normalized spacial score (nSPS) is 10.6. The number of nitrogens with zero attached hydrogens (tertiary/aromatic N) is 1. The van der Waals surface area contributed by atoms with Gasteiger partial charge in [0.2, 0.25) is 0 Å². The van der Waals surface area contributed by atoms with E-state index in [1.807, 2.05) is 6.92 Å². The molecule has 0 N–H and O–H groups in total. The number of amides is 1. The third kappa shape index (κ3) is 5.34. The van der Waals surface area contributed by atoms with E-state index in [2.05, 4.69) is 0 Å². The molecule has 1 heterocycles. The molecule has 2 aromatic carbocycles. The molecule has 27 heavy (non-hydrogen) atoms. The Hall–Kier alpha value is -2.79. The van der Waals surface area contributed by atoms with Crippen LogP contribution in [0.4, 0.5) is 4.39 Å². The van der Waals surface area contributed by atoms with Crippen LogP contribution in [0.15, 0.2) is 65.3 Å². The van der Waals surface area contributed by atoms with Crippen LogP contribution in [-0.4, -0.2) is 17.4 Å². The van der Waals surface area contributed by atoms with Crippen LogP contribution >= 0.6 is 11.6 Å². The van der Waals surface area contributed by atoms with Crippen LogP contribution < -0.4 is 4.74 Å². The van der Waals surface area contributed by atoms with Crippen molar-refractivity contribution in [1.29, 1.82) is 0 Å². The Labute approximate surface area is 162 Å². The Kier molecular flexibility index (Phi) is 6.14. The molecule has 0 aliphatic heterocycles. The predicted molar refractivity (Wildman–Crippen MR) is 101 cm³/mol. The summed E-state index contributed by atoms with van der Waals surface area (Å²) in [6.45, 7) is 2.37. The first kappa shape index (κ1) is 19.0. The number of hydrogen-bond donors (Lipinski definition) is 0. The molecule has 0 saturated heterocycles. The van der Waals surface area contributed by atoms with Gasteiger partial charge in [-0.3, -0.25) is 4.79 Å². The van der Waals surface area contributed by atoms with Crippen LogP contribution in [0.3, 0.4) is 0 Å². The molecule has 0 spiro atoms. The van der Waals surface area contributed by atoms with Crippen molar-refractivity contribution in [2.45, 2.75) is 20.0 Å².